The quantitative estimate of drug-likeness (QED) is 0.647. The summed E-state index contributed by atoms with van der Waals surface area (Å²) in [4.78, 5) is 17.2. The van der Waals surface area contributed by atoms with Crippen LogP contribution in [0.4, 0.5) is 4.39 Å². The van der Waals surface area contributed by atoms with Gasteiger partial charge in [0.2, 0.25) is 5.91 Å². The lowest BCUT2D eigenvalue weighted by atomic mass is 9.74. The first-order valence-corrected chi connectivity index (χ1v) is 10.3. The van der Waals surface area contributed by atoms with Gasteiger partial charge in [0.1, 0.15) is 5.82 Å². The van der Waals surface area contributed by atoms with Crippen LogP contribution >= 0.6 is 0 Å². The molecule has 1 amide bonds. The molecule has 0 bridgehead atoms. The molecule has 2 aromatic carbocycles. The summed E-state index contributed by atoms with van der Waals surface area (Å²) >= 11 is 0. The number of ether oxygens (including phenoxy) is 1. The van der Waals surface area contributed by atoms with Crippen LogP contribution in [0.15, 0.2) is 67.3 Å². The fourth-order valence-electron chi connectivity index (χ4n) is 4.05. The Morgan fingerprint density at radius 3 is 2.67 bits per heavy atom. The van der Waals surface area contributed by atoms with Gasteiger partial charge in [0.05, 0.1) is 11.7 Å². The SMILES string of the molecule is O=C(NCCn1ccnc1)C1(Cc2cccc(-c3ccc(F)cc3)c2)CCOCC1. The summed E-state index contributed by atoms with van der Waals surface area (Å²) in [5, 5.41) is 3.12. The molecule has 30 heavy (non-hydrogen) atoms. The van der Waals surface area contributed by atoms with Crippen LogP contribution in [0.25, 0.3) is 11.1 Å². The number of carbonyl (C=O) groups is 1. The molecular formula is C24H26FN3O2. The van der Waals surface area contributed by atoms with E-state index < -0.39 is 5.41 Å². The third kappa shape index (κ3) is 4.76. The van der Waals surface area contributed by atoms with E-state index >= 15 is 0 Å². The van der Waals surface area contributed by atoms with Gasteiger partial charge in [-0.05, 0) is 48.1 Å². The Bertz CT molecular complexity index is 964. The molecule has 5 nitrogen and oxygen atoms in total. The van der Waals surface area contributed by atoms with E-state index in [0.29, 0.717) is 45.6 Å². The van der Waals surface area contributed by atoms with E-state index in [2.05, 4.69) is 22.4 Å². The van der Waals surface area contributed by atoms with Gasteiger partial charge in [-0.3, -0.25) is 4.79 Å². The zero-order valence-corrected chi connectivity index (χ0v) is 16.9. The van der Waals surface area contributed by atoms with E-state index in [1.54, 1.807) is 24.7 Å². The van der Waals surface area contributed by atoms with Crippen LogP contribution in [0.1, 0.15) is 18.4 Å². The lowest BCUT2D eigenvalue weighted by molar-refractivity contribution is -0.136. The molecule has 1 saturated heterocycles. The minimum absolute atomic E-state index is 0.0816. The Hall–Kier alpha value is -2.99. The highest BCUT2D eigenvalue weighted by atomic mass is 19.1. The Morgan fingerprint density at radius 1 is 1.13 bits per heavy atom. The minimum Gasteiger partial charge on any atom is -0.381 e. The predicted octanol–water partition coefficient (Wildman–Crippen LogP) is 3.84. The van der Waals surface area contributed by atoms with Crippen molar-refractivity contribution in [3.8, 4) is 11.1 Å². The van der Waals surface area contributed by atoms with E-state index in [9.17, 15) is 9.18 Å². The standard InChI is InChI=1S/C24H26FN3O2/c25-22-6-4-20(5-7-22)21-3-1-2-19(16-21)17-24(8-14-30-15-9-24)23(29)27-11-13-28-12-10-26-18-28/h1-7,10,12,16,18H,8-9,11,13-15,17H2,(H,27,29). The van der Waals surface area contributed by atoms with Crippen molar-refractivity contribution in [3.05, 3.63) is 78.6 Å². The van der Waals surface area contributed by atoms with Gasteiger partial charge in [-0.15, -0.1) is 0 Å². The molecular weight excluding hydrogens is 381 g/mol. The van der Waals surface area contributed by atoms with Crippen molar-refractivity contribution in [2.24, 2.45) is 5.41 Å². The van der Waals surface area contributed by atoms with Gasteiger partial charge < -0.3 is 14.6 Å². The molecule has 1 aromatic heterocycles. The number of aromatic nitrogens is 2. The molecule has 1 aliphatic heterocycles. The molecule has 4 rings (SSSR count). The smallest absolute Gasteiger partial charge is 0.226 e. The molecule has 1 fully saturated rings. The number of halogens is 1. The third-order valence-corrected chi connectivity index (χ3v) is 5.79. The summed E-state index contributed by atoms with van der Waals surface area (Å²) in [5.74, 6) is -0.165. The molecule has 0 radical (unpaired) electrons. The number of hydrogen-bond donors (Lipinski definition) is 1. The van der Waals surface area contributed by atoms with Crippen molar-refractivity contribution in [1.82, 2.24) is 14.9 Å². The molecule has 3 aromatic rings. The molecule has 0 saturated carbocycles. The molecule has 6 heteroatoms. The lowest BCUT2D eigenvalue weighted by Crippen LogP contribution is -2.46. The summed E-state index contributed by atoms with van der Waals surface area (Å²) < 4.78 is 20.8. The van der Waals surface area contributed by atoms with Crippen LogP contribution in [0.3, 0.4) is 0 Å². The Morgan fingerprint density at radius 2 is 1.93 bits per heavy atom. The second kappa shape index (κ2) is 9.22. The first-order chi connectivity index (χ1) is 14.6. The van der Waals surface area contributed by atoms with Crippen LogP contribution in [0.5, 0.6) is 0 Å². The molecule has 1 N–H and O–H groups in total. The van der Waals surface area contributed by atoms with Crippen molar-refractivity contribution in [1.29, 1.82) is 0 Å². The topological polar surface area (TPSA) is 56.2 Å². The maximum atomic E-state index is 13.3. The van der Waals surface area contributed by atoms with Crippen LogP contribution in [-0.2, 0) is 22.5 Å². The summed E-state index contributed by atoms with van der Waals surface area (Å²) in [5.41, 5.74) is 2.61. The normalized spacial score (nSPS) is 15.6. The van der Waals surface area contributed by atoms with Crippen molar-refractivity contribution in [3.63, 3.8) is 0 Å². The van der Waals surface area contributed by atoms with Crippen LogP contribution in [0.2, 0.25) is 0 Å². The molecule has 0 atom stereocenters. The summed E-state index contributed by atoms with van der Waals surface area (Å²) in [6, 6.07) is 14.7. The van der Waals surface area contributed by atoms with Crippen LogP contribution < -0.4 is 5.32 Å². The van der Waals surface area contributed by atoms with Gasteiger partial charge in [0, 0.05) is 38.7 Å². The largest absolute Gasteiger partial charge is 0.381 e. The van der Waals surface area contributed by atoms with E-state index in [-0.39, 0.29) is 11.7 Å². The molecule has 0 unspecified atom stereocenters. The van der Waals surface area contributed by atoms with Crippen molar-refractivity contribution < 1.29 is 13.9 Å². The highest BCUT2D eigenvalue weighted by Crippen LogP contribution is 2.35. The Labute approximate surface area is 175 Å². The first-order valence-electron chi connectivity index (χ1n) is 10.3. The summed E-state index contributed by atoms with van der Waals surface area (Å²) in [7, 11) is 0. The van der Waals surface area contributed by atoms with E-state index in [0.717, 1.165) is 16.7 Å². The predicted molar refractivity (Wildman–Crippen MR) is 113 cm³/mol. The van der Waals surface area contributed by atoms with E-state index in [4.69, 9.17) is 4.74 Å². The average Bonchev–Trinajstić information content (AvgIpc) is 3.28. The van der Waals surface area contributed by atoms with Gasteiger partial charge in [-0.2, -0.15) is 0 Å². The summed E-state index contributed by atoms with van der Waals surface area (Å²) in [6.45, 7) is 2.44. The highest BCUT2D eigenvalue weighted by molar-refractivity contribution is 5.83. The summed E-state index contributed by atoms with van der Waals surface area (Å²) in [6.07, 6.45) is 7.42. The van der Waals surface area contributed by atoms with Crippen molar-refractivity contribution in [2.45, 2.75) is 25.8 Å². The van der Waals surface area contributed by atoms with Gasteiger partial charge in [-0.25, -0.2) is 9.37 Å². The number of nitrogens with one attached hydrogen (secondary N) is 1. The molecule has 2 heterocycles. The lowest BCUT2D eigenvalue weighted by Gasteiger charge is -2.36. The number of hydrogen-bond acceptors (Lipinski definition) is 3. The molecule has 0 aliphatic carbocycles. The fraction of sp³-hybridized carbons (Fsp3) is 0.333. The van der Waals surface area contributed by atoms with Crippen LogP contribution in [-0.4, -0.2) is 35.2 Å². The average molecular weight is 407 g/mol. The van der Waals surface area contributed by atoms with E-state index in [1.165, 1.54) is 12.1 Å². The third-order valence-electron chi connectivity index (χ3n) is 5.79. The Balaban J connectivity index is 1.49. The number of benzene rings is 2. The maximum absolute atomic E-state index is 13.3. The number of carbonyl (C=O) groups excluding carboxylic acids is 1. The van der Waals surface area contributed by atoms with Gasteiger partial charge >= 0.3 is 0 Å². The molecule has 156 valence electrons. The van der Waals surface area contributed by atoms with Gasteiger partial charge in [-0.1, -0.05) is 36.4 Å². The number of imidazole rings is 1. The first kappa shape index (κ1) is 20.3. The monoisotopic (exact) mass is 407 g/mol. The number of rotatable bonds is 7. The highest BCUT2D eigenvalue weighted by Gasteiger charge is 2.39. The van der Waals surface area contributed by atoms with Crippen molar-refractivity contribution >= 4 is 5.91 Å². The minimum atomic E-state index is -0.478. The fourth-order valence-corrected chi connectivity index (χ4v) is 4.05. The second-order valence-corrected chi connectivity index (χ2v) is 7.83. The van der Waals surface area contributed by atoms with Gasteiger partial charge in [0.15, 0.2) is 0 Å². The van der Waals surface area contributed by atoms with Gasteiger partial charge in [0.25, 0.3) is 0 Å². The Kier molecular flexibility index (Phi) is 6.23. The van der Waals surface area contributed by atoms with Crippen LogP contribution in [0, 0.1) is 11.2 Å². The van der Waals surface area contributed by atoms with Crippen molar-refractivity contribution in [2.75, 3.05) is 19.8 Å². The van der Waals surface area contributed by atoms with E-state index in [1.807, 2.05) is 22.9 Å². The maximum Gasteiger partial charge on any atom is 0.226 e. The zero-order chi connectivity index (χ0) is 20.8. The number of nitrogens with zero attached hydrogens (tertiary/aromatic N) is 2. The number of amides is 1. The second-order valence-electron chi connectivity index (χ2n) is 7.83. The molecule has 1 aliphatic rings. The zero-order valence-electron chi connectivity index (χ0n) is 16.9. The molecule has 0 spiro atoms.